The van der Waals surface area contributed by atoms with Gasteiger partial charge in [0.1, 0.15) is 6.42 Å². The van der Waals surface area contributed by atoms with Crippen LogP contribution < -0.4 is 11.1 Å². The Kier molecular flexibility index (Phi) is 5.83. The van der Waals surface area contributed by atoms with E-state index in [1.54, 1.807) is 0 Å². The lowest BCUT2D eigenvalue weighted by Gasteiger charge is -2.41. The number of nitrogens with zero attached hydrogens (tertiary/aromatic N) is 1. The first-order valence-corrected chi connectivity index (χ1v) is 7.95. The normalized spacial score (nSPS) is 25.9. The Morgan fingerprint density at radius 1 is 1.15 bits per heavy atom. The summed E-state index contributed by atoms with van der Waals surface area (Å²) in [6.45, 7) is 2.81. The van der Waals surface area contributed by atoms with Crippen LogP contribution in [0.15, 0.2) is 0 Å². The average Bonchev–Trinajstić information content (AvgIpc) is 2.47. The number of amides is 2. The maximum Gasteiger partial charge on any atom is 0.232 e. The Balaban J connectivity index is 1.74. The van der Waals surface area contributed by atoms with Gasteiger partial charge in [0.15, 0.2) is 0 Å². The first-order valence-electron chi connectivity index (χ1n) is 7.95. The highest BCUT2D eigenvalue weighted by Crippen LogP contribution is 2.36. The first kappa shape index (κ1) is 15.3. The summed E-state index contributed by atoms with van der Waals surface area (Å²) in [7, 11) is 0. The van der Waals surface area contributed by atoms with Crippen molar-refractivity contribution in [3.05, 3.63) is 0 Å². The van der Waals surface area contributed by atoms with Crippen molar-refractivity contribution in [2.75, 3.05) is 26.2 Å². The van der Waals surface area contributed by atoms with Crippen molar-refractivity contribution in [1.82, 2.24) is 10.2 Å². The Morgan fingerprint density at radius 3 is 2.65 bits per heavy atom. The monoisotopic (exact) mass is 281 g/mol. The van der Waals surface area contributed by atoms with Crippen molar-refractivity contribution in [1.29, 1.82) is 0 Å². The van der Waals surface area contributed by atoms with Gasteiger partial charge in [-0.1, -0.05) is 19.3 Å². The number of hydrogen-bond donors (Lipinski definition) is 2. The van der Waals surface area contributed by atoms with Gasteiger partial charge in [-0.25, -0.2) is 0 Å². The van der Waals surface area contributed by atoms with Crippen LogP contribution in [0.4, 0.5) is 0 Å². The van der Waals surface area contributed by atoms with Crippen molar-refractivity contribution in [2.24, 2.45) is 17.6 Å². The van der Waals surface area contributed by atoms with Crippen LogP contribution in [0.25, 0.3) is 0 Å². The fraction of sp³-hybridized carbons (Fsp3) is 0.867. The molecular weight excluding hydrogens is 254 g/mol. The molecule has 20 heavy (non-hydrogen) atoms. The molecule has 1 aliphatic carbocycles. The molecule has 5 nitrogen and oxygen atoms in total. The summed E-state index contributed by atoms with van der Waals surface area (Å²) in [5, 5.41) is 2.74. The number of likely N-dealkylation sites (tertiary alicyclic amines) is 1. The maximum absolute atomic E-state index is 12.2. The standard InChI is InChI=1S/C15H27N3O2/c16-7-3-8-17-14(19)10-15(20)18-9-6-12-4-1-2-5-13(12)11-18/h12-13H,1-11,16H2,(H,17,19). The minimum atomic E-state index is -0.172. The summed E-state index contributed by atoms with van der Waals surface area (Å²) in [6.07, 6.45) is 7.07. The van der Waals surface area contributed by atoms with Crippen LogP contribution >= 0.6 is 0 Å². The Morgan fingerprint density at radius 2 is 1.90 bits per heavy atom. The zero-order valence-electron chi connectivity index (χ0n) is 12.3. The van der Waals surface area contributed by atoms with Crippen LogP contribution in [-0.2, 0) is 9.59 Å². The number of piperidine rings is 1. The summed E-state index contributed by atoms with van der Waals surface area (Å²) in [6, 6.07) is 0. The third-order valence-corrected chi connectivity index (χ3v) is 4.66. The van der Waals surface area contributed by atoms with E-state index in [1.165, 1.54) is 25.7 Å². The van der Waals surface area contributed by atoms with Gasteiger partial charge in [-0.15, -0.1) is 0 Å². The van der Waals surface area contributed by atoms with Crippen LogP contribution in [0.2, 0.25) is 0 Å². The zero-order valence-corrected chi connectivity index (χ0v) is 12.3. The lowest BCUT2D eigenvalue weighted by Crippen LogP contribution is -2.46. The van der Waals surface area contributed by atoms with Crippen LogP contribution in [-0.4, -0.2) is 42.9 Å². The van der Waals surface area contributed by atoms with Gasteiger partial charge < -0.3 is 16.0 Å². The molecule has 0 aromatic heterocycles. The van der Waals surface area contributed by atoms with Crippen LogP contribution in [0.3, 0.4) is 0 Å². The van der Waals surface area contributed by atoms with Gasteiger partial charge in [-0.3, -0.25) is 9.59 Å². The molecule has 2 fully saturated rings. The fourth-order valence-electron chi connectivity index (χ4n) is 3.47. The number of nitrogens with two attached hydrogens (primary N) is 1. The van der Waals surface area contributed by atoms with Crippen molar-refractivity contribution >= 4 is 11.8 Å². The minimum absolute atomic E-state index is 0.0119. The van der Waals surface area contributed by atoms with Crippen molar-refractivity contribution in [3.63, 3.8) is 0 Å². The Bertz CT molecular complexity index is 346. The number of fused-ring (bicyclic) bond motifs is 1. The fourth-order valence-corrected chi connectivity index (χ4v) is 3.47. The van der Waals surface area contributed by atoms with E-state index in [-0.39, 0.29) is 18.2 Å². The number of carbonyl (C=O) groups excluding carboxylic acids is 2. The summed E-state index contributed by atoms with van der Waals surface area (Å²) >= 11 is 0. The quantitative estimate of drug-likeness (QED) is 0.580. The van der Waals surface area contributed by atoms with E-state index in [0.717, 1.165) is 31.8 Å². The first-order chi connectivity index (χ1) is 9.70. The van der Waals surface area contributed by atoms with Crippen LogP contribution in [0.1, 0.15) is 44.9 Å². The van der Waals surface area contributed by atoms with Crippen LogP contribution in [0.5, 0.6) is 0 Å². The summed E-state index contributed by atoms with van der Waals surface area (Å²) < 4.78 is 0. The van der Waals surface area contributed by atoms with Gasteiger partial charge in [0.25, 0.3) is 0 Å². The predicted octanol–water partition coefficient (Wildman–Crippen LogP) is 0.880. The average molecular weight is 281 g/mol. The smallest absolute Gasteiger partial charge is 0.232 e. The molecule has 0 bridgehead atoms. The minimum Gasteiger partial charge on any atom is -0.356 e. The molecule has 114 valence electrons. The molecule has 2 amide bonds. The van der Waals surface area contributed by atoms with Crippen molar-refractivity contribution in [3.8, 4) is 0 Å². The second-order valence-corrected chi connectivity index (χ2v) is 6.10. The molecule has 0 radical (unpaired) electrons. The number of nitrogens with one attached hydrogen (secondary N) is 1. The largest absolute Gasteiger partial charge is 0.356 e. The molecule has 1 heterocycles. The molecule has 1 saturated carbocycles. The van der Waals surface area contributed by atoms with Crippen molar-refractivity contribution < 1.29 is 9.59 Å². The molecule has 3 N–H and O–H groups in total. The molecule has 0 aromatic rings. The molecule has 1 saturated heterocycles. The summed E-state index contributed by atoms with van der Waals surface area (Å²) in [5.74, 6) is 1.29. The predicted molar refractivity (Wildman–Crippen MR) is 77.9 cm³/mol. The van der Waals surface area contributed by atoms with Gasteiger partial charge in [-0.2, -0.15) is 0 Å². The van der Waals surface area contributed by atoms with E-state index in [9.17, 15) is 9.59 Å². The third kappa shape index (κ3) is 4.20. The Hall–Kier alpha value is -1.10. The third-order valence-electron chi connectivity index (χ3n) is 4.66. The summed E-state index contributed by atoms with van der Waals surface area (Å²) in [4.78, 5) is 25.7. The highest BCUT2D eigenvalue weighted by atomic mass is 16.2. The maximum atomic E-state index is 12.2. The van der Waals surface area contributed by atoms with E-state index >= 15 is 0 Å². The summed E-state index contributed by atoms with van der Waals surface area (Å²) in [5.41, 5.74) is 5.37. The second kappa shape index (κ2) is 7.62. The Labute approximate surface area is 121 Å². The zero-order chi connectivity index (χ0) is 14.4. The second-order valence-electron chi connectivity index (χ2n) is 6.10. The molecule has 0 spiro atoms. The number of carbonyl (C=O) groups is 2. The topological polar surface area (TPSA) is 75.4 Å². The van der Waals surface area contributed by atoms with Gasteiger partial charge in [-0.05, 0) is 37.6 Å². The van der Waals surface area contributed by atoms with Crippen molar-refractivity contribution in [2.45, 2.75) is 44.9 Å². The molecule has 2 aliphatic rings. The molecule has 2 rings (SSSR count). The van der Waals surface area contributed by atoms with E-state index in [0.29, 0.717) is 19.0 Å². The molecule has 5 heteroatoms. The molecule has 1 aliphatic heterocycles. The highest BCUT2D eigenvalue weighted by molar-refractivity contribution is 5.96. The van der Waals surface area contributed by atoms with E-state index in [2.05, 4.69) is 5.32 Å². The SMILES string of the molecule is NCCCNC(=O)CC(=O)N1CCC2CCCCC2C1. The molecule has 0 aromatic carbocycles. The molecular formula is C15H27N3O2. The van der Waals surface area contributed by atoms with Crippen LogP contribution in [0, 0.1) is 11.8 Å². The van der Waals surface area contributed by atoms with Gasteiger partial charge in [0.05, 0.1) is 0 Å². The van der Waals surface area contributed by atoms with Gasteiger partial charge in [0.2, 0.25) is 11.8 Å². The molecule has 2 unspecified atom stereocenters. The molecule has 2 atom stereocenters. The number of hydrogen-bond acceptors (Lipinski definition) is 3. The number of rotatable bonds is 5. The van der Waals surface area contributed by atoms with E-state index in [1.807, 2.05) is 4.90 Å². The lowest BCUT2D eigenvalue weighted by molar-refractivity contribution is -0.138. The van der Waals surface area contributed by atoms with E-state index in [4.69, 9.17) is 5.73 Å². The van der Waals surface area contributed by atoms with Gasteiger partial charge in [0, 0.05) is 19.6 Å². The van der Waals surface area contributed by atoms with E-state index < -0.39 is 0 Å². The highest BCUT2D eigenvalue weighted by Gasteiger charge is 2.33. The van der Waals surface area contributed by atoms with Gasteiger partial charge >= 0.3 is 0 Å². The lowest BCUT2D eigenvalue weighted by atomic mass is 9.75.